The molecule has 0 bridgehead atoms. The van der Waals surface area contributed by atoms with Crippen molar-refractivity contribution >= 4 is 11.9 Å². The third-order valence-corrected chi connectivity index (χ3v) is 4.72. The molecule has 3 aromatic rings. The average molecular weight is 361 g/mol. The van der Waals surface area contributed by atoms with Gasteiger partial charge in [-0.3, -0.25) is 4.79 Å². The first kappa shape index (κ1) is 17.1. The van der Waals surface area contributed by atoms with Crippen molar-refractivity contribution in [3.8, 4) is 5.75 Å². The number of nitrogens with zero attached hydrogens (tertiary/aromatic N) is 1. The standard InChI is InChI=1S/C22H19NO4/c1-15-6-4-9-18(12-15)27-22(25)19-13-16-7-2-3-8-17(16)14-23(19)21(24)20-10-5-11-26-20/h2-12,19H,13-14H2,1H3. The second-order valence-corrected chi connectivity index (χ2v) is 6.64. The number of hydrogen-bond acceptors (Lipinski definition) is 4. The number of carbonyl (C=O) groups excluding carboxylic acids is 2. The zero-order valence-electron chi connectivity index (χ0n) is 14.9. The number of hydrogen-bond donors (Lipinski definition) is 0. The van der Waals surface area contributed by atoms with Gasteiger partial charge in [-0.2, -0.15) is 0 Å². The Balaban J connectivity index is 1.64. The number of ether oxygens (including phenoxy) is 1. The van der Waals surface area contributed by atoms with Crippen LogP contribution in [0.25, 0.3) is 0 Å². The third-order valence-electron chi connectivity index (χ3n) is 4.72. The van der Waals surface area contributed by atoms with Crippen molar-refractivity contribution in [3.63, 3.8) is 0 Å². The summed E-state index contributed by atoms with van der Waals surface area (Å²) in [6.07, 6.45) is 1.86. The van der Waals surface area contributed by atoms with E-state index in [1.807, 2.05) is 43.3 Å². The maximum atomic E-state index is 12.9. The summed E-state index contributed by atoms with van der Waals surface area (Å²) in [5.41, 5.74) is 3.07. The Kier molecular flexibility index (Phi) is 4.50. The molecule has 2 heterocycles. The molecule has 5 heteroatoms. The summed E-state index contributed by atoms with van der Waals surface area (Å²) in [6, 6.07) is 17.7. The second kappa shape index (κ2) is 7.11. The molecular formula is C22H19NO4. The SMILES string of the molecule is Cc1cccc(OC(=O)C2Cc3ccccc3CN2C(=O)c2ccco2)c1. The highest BCUT2D eigenvalue weighted by atomic mass is 16.5. The van der Waals surface area contributed by atoms with Gasteiger partial charge in [0.25, 0.3) is 5.91 Å². The van der Waals surface area contributed by atoms with E-state index in [-0.39, 0.29) is 11.7 Å². The summed E-state index contributed by atoms with van der Waals surface area (Å²) in [4.78, 5) is 27.4. The number of rotatable bonds is 3. The molecule has 1 amide bonds. The number of carbonyl (C=O) groups is 2. The minimum atomic E-state index is -0.710. The number of fused-ring (bicyclic) bond motifs is 1. The minimum absolute atomic E-state index is 0.211. The van der Waals surface area contributed by atoms with Crippen LogP contribution in [0.3, 0.4) is 0 Å². The Labute approximate surface area is 157 Å². The largest absolute Gasteiger partial charge is 0.459 e. The van der Waals surface area contributed by atoms with Crippen molar-refractivity contribution in [1.29, 1.82) is 0 Å². The minimum Gasteiger partial charge on any atom is -0.459 e. The first-order valence-electron chi connectivity index (χ1n) is 8.81. The van der Waals surface area contributed by atoms with E-state index in [2.05, 4.69) is 0 Å². The van der Waals surface area contributed by atoms with Gasteiger partial charge in [0.2, 0.25) is 0 Å². The molecule has 1 aromatic heterocycles. The normalized spacial score (nSPS) is 15.9. The number of benzene rings is 2. The number of furan rings is 1. The number of aryl methyl sites for hydroxylation is 1. The lowest BCUT2D eigenvalue weighted by molar-refractivity contribution is -0.140. The maximum Gasteiger partial charge on any atom is 0.334 e. The fraction of sp³-hybridized carbons (Fsp3) is 0.182. The zero-order chi connectivity index (χ0) is 18.8. The zero-order valence-corrected chi connectivity index (χ0v) is 14.9. The summed E-state index contributed by atoms with van der Waals surface area (Å²) >= 11 is 0. The molecule has 0 aliphatic carbocycles. The van der Waals surface area contributed by atoms with Crippen LogP contribution >= 0.6 is 0 Å². The van der Waals surface area contributed by atoms with E-state index in [1.54, 1.807) is 24.3 Å². The Bertz CT molecular complexity index is 977. The van der Waals surface area contributed by atoms with Crippen LogP contribution in [0.5, 0.6) is 5.75 Å². The van der Waals surface area contributed by atoms with E-state index in [0.29, 0.717) is 18.7 Å². The summed E-state index contributed by atoms with van der Waals surface area (Å²) < 4.78 is 10.8. The van der Waals surface area contributed by atoms with Gasteiger partial charge in [0.15, 0.2) is 5.76 Å². The van der Waals surface area contributed by atoms with Crippen LogP contribution in [0.15, 0.2) is 71.3 Å². The second-order valence-electron chi connectivity index (χ2n) is 6.64. The van der Waals surface area contributed by atoms with Crippen LogP contribution in [0.2, 0.25) is 0 Å². The lowest BCUT2D eigenvalue weighted by Crippen LogP contribution is -2.50. The predicted octanol–water partition coefficient (Wildman–Crippen LogP) is 3.76. The van der Waals surface area contributed by atoms with E-state index < -0.39 is 12.0 Å². The Morgan fingerprint density at radius 2 is 1.85 bits per heavy atom. The van der Waals surface area contributed by atoms with Gasteiger partial charge in [-0.1, -0.05) is 36.4 Å². The molecule has 0 saturated carbocycles. The molecule has 0 saturated heterocycles. The molecule has 0 radical (unpaired) electrons. The van der Waals surface area contributed by atoms with Crippen molar-refractivity contribution in [1.82, 2.24) is 4.90 Å². The quantitative estimate of drug-likeness (QED) is 0.526. The summed E-state index contributed by atoms with van der Waals surface area (Å²) in [5, 5.41) is 0. The van der Waals surface area contributed by atoms with Crippen LogP contribution in [-0.4, -0.2) is 22.8 Å². The van der Waals surface area contributed by atoms with Crippen molar-refractivity contribution in [2.75, 3.05) is 0 Å². The van der Waals surface area contributed by atoms with Gasteiger partial charge in [0.1, 0.15) is 11.8 Å². The first-order chi connectivity index (χ1) is 13.1. The van der Waals surface area contributed by atoms with Gasteiger partial charge in [-0.25, -0.2) is 4.79 Å². The molecule has 27 heavy (non-hydrogen) atoms. The Morgan fingerprint density at radius 1 is 1.04 bits per heavy atom. The number of amides is 1. The topological polar surface area (TPSA) is 59.8 Å². The van der Waals surface area contributed by atoms with Crippen LogP contribution < -0.4 is 4.74 Å². The Morgan fingerprint density at radius 3 is 2.59 bits per heavy atom. The molecule has 1 unspecified atom stereocenters. The van der Waals surface area contributed by atoms with Crippen LogP contribution in [-0.2, 0) is 17.8 Å². The lowest BCUT2D eigenvalue weighted by Gasteiger charge is -2.34. The van der Waals surface area contributed by atoms with Gasteiger partial charge >= 0.3 is 5.97 Å². The highest BCUT2D eigenvalue weighted by Gasteiger charge is 2.37. The molecule has 1 atom stereocenters. The van der Waals surface area contributed by atoms with Gasteiger partial charge in [0, 0.05) is 13.0 Å². The molecule has 1 aliphatic rings. The molecule has 2 aromatic carbocycles. The highest BCUT2D eigenvalue weighted by molar-refractivity contribution is 5.95. The average Bonchev–Trinajstić information content (AvgIpc) is 3.21. The predicted molar refractivity (Wildman–Crippen MR) is 99.3 cm³/mol. The van der Waals surface area contributed by atoms with Crippen molar-refractivity contribution < 1.29 is 18.7 Å². The first-order valence-corrected chi connectivity index (χ1v) is 8.81. The van der Waals surface area contributed by atoms with E-state index in [0.717, 1.165) is 16.7 Å². The van der Waals surface area contributed by atoms with Crippen LogP contribution in [0, 0.1) is 6.92 Å². The lowest BCUT2D eigenvalue weighted by atomic mass is 9.93. The summed E-state index contributed by atoms with van der Waals surface area (Å²) in [5.74, 6) is -0.0808. The van der Waals surface area contributed by atoms with Gasteiger partial charge in [-0.05, 0) is 47.9 Å². The highest BCUT2D eigenvalue weighted by Crippen LogP contribution is 2.26. The number of esters is 1. The molecule has 5 nitrogen and oxygen atoms in total. The fourth-order valence-corrected chi connectivity index (χ4v) is 3.35. The molecule has 0 spiro atoms. The van der Waals surface area contributed by atoms with Crippen LogP contribution in [0.1, 0.15) is 27.2 Å². The van der Waals surface area contributed by atoms with Gasteiger partial charge < -0.3 is 14.1 Å². The third kappa shape index (κ3) is 3.49. The smallest absolute Gasteiger partial charge is 0.334 e. The Hall–Kier alpha value is -3.34. The maximum absolute atomic E-state index is 12.9. The van der Waals surface area contributed by atoms with E-state index in [4.69, 9.17) is 9.15 Å². The van der Waals surface area contributed by atoms with E-state index in [9.17, 15) is 9.59 Å². The summed E-state index contributed by atoms with van der Waals surface area (Å²) in [6.45, 7) is 2.27. The van der Waals surface area contributed by atoms with E-state index in [1.165, 1.54) is 11.2 Å². The van der Waals surface area contributed by atoms with Gasteiger partial charge in [0.05, 0.1) is 6.26 Å². The molecule has 0 fully saturated rings. The molecule has 4 rings (SSSR count). The van der Waals surface area contributed by atoms with Gasteiger partial charge in [-0.15, -0.1) is 0 Å². The van der Waals surface area contributed by atoms with E-state index >= 15 is 0 Å². The monoisotopic (exact) mass is 361 g/mol. The summed E-state index contributed by atoms with van der Waals surface area (Å²) in [7, 11) is 0. The molecule has 0 N–H and O–H groups in total. The molecule has 136 valence electrons. The van der Waals surface area contributed by atoms with Crippen molar-refractivity contribution in [2.45, 2.75) is 25.9 Å². The molecular weight excluding hydrogens is 342 g/mol. The van der Waals surface area contributed by atoms with Crippen molar-refractivity contribution in [2.24, 2.45) is 0 Å². The molecule has 1 aliphatic heterocycles. The van der Waals surface area contributed by atoms with Crippen molar-refractivity contribution in [3.05, 3.63) is 89.4 Å². The van der Waals surface area contributed by atoms with Crippen LogP contribution in [0.4, 0.5) is 0 Å². The fourth-order valence-electron chi connectivity index (χ4n) is 3.35.